The highest BCUT2D eigenvalue weighted by molar-refractivity contribution is 7.90. The second kappa shape index (κ2) is 4.28. The van der Waals surface area contributed by atoms with E-state index in [2.05, 4.69) is 5.32 Å². The summed E-state index contributed by atoms with van der Waals surface area (Å²) in [7, 11) is -3.23. The van der Waals surface area contributed by atoms with Crippen molar-refractivity contribution in [3.8, 4) is 11.5 Å². The summed E-state index contributed by atoms with van der Waals surface area (Å²) in [5.41, 5.74) is 1.84. The molecule has 0 saturated carbocycles. The van der Waals surface area contributed by atoms with Crippen LogP contribution in [0.4, 0.5) is 5.69 Å². The fraction of sp³-hybridized carbons (Fsp3) is 0.143. The summed E-state index contributed by atoms with van der Waals surface area (Å²) in [5, 5.41) is 3.27. The highest BCUT2D eigenvalue weighted by atomic mass is 32.2. The van der Waals surface area contributed by atoms with Gasteiger partial charge in [-0.1, -0.05) is 18.2 Å². The smallest absolute Gasteiger partial charge is 0.175 e. The monoisotopic (exact) mass is 275 g/mol. The van der Waals surface area contributed by atoms with Gasteiger partial charge in [0.25, 0.3) is 0 Å². The number of para-hydroxylation sites is 2. The Morgan fingerprint density at radius 3 is 2.68 bits per heavy atom. The molecule has 1 N–H and O–H groups in total. The first-order valence-corrected chi connectivity index (χ1v) is 7.77. The lowest BCUT2D eigenvalue weighted by Crippen LogP contribution is -2.00. The lowest BCUT2D eigenvalue weighted by atomic mass is 10.2. The van der Waals surface area contributed by atoms with Crippen molar-refractivity contribution in [1.82, 2.24) is 0 Å². The van der Waals surface area contributed by atoms with Gasteiger partial charge in [-0.2, -0.15) is 0 Å². The lowest BCUT2D eigenvalue weighted by Gasteiger charge is -2.09. The van der Waals surface area contributed by atoms with Crippen molar-refractivity contribution in [2.24, 2.45) is 0 Å². The van der Waals surface area contributed by atoms with Crippen LogP contribution in [0.2, 0.25) is 0 Å². The summed E-state index contributed by atoms with van der Waals surface area (Å²) in [6.45, 7) is 0.608. The van der Waals surface area contributed by atoms with E-state index in [1.54, 1.807) is 18.2 Å². The van der Waals surface area contributed by atoms with Crippen LogP contribution in [-0.4, -0.2) is 14.7 Å². The van der Waals surface area contributed by atoms with Gasteiger partial charge in [0.1, 0.15) is 5.75 Å². The summed E-state index contributed by atoms with van der Waals surface area (Å²) in [6, 6.07) is 12.6. The van der Waals surface area contributed by atoms with Gasteiger partial charge in [-0.05, 0) is 24.3 Å². The van der Waals surface area contributed by atoms with Gasteiger partial charge in [0.2, 0.25) is 0 Å². The molecule has 4 nitrogen and oxygen atoms in total. The third-order valence-corrected chi connectivity index (χ3v) is 4.15. The zero-order valence-electron chi connectivity index (χ0n) is 10.4. The number of rotatable bonds is 1. The number of ether oxygens (including phenoxy) is 1. The molecule has 0 aliphatic carbocycles. The van der Waals surface area contributed by atoms with Crippen LogP contribution in [-0.2, 0) is 16.4 Å². The van der Waals surface area contributed by atoms with Gasteiger partial charge in [0.15, 0.2) is 15.6 Å². The first-order valence-electron chi connectivity index (χ1n) is 5.88. The lowest BCUT2D eigenvalue weighted by molar-refractivity contribution is 0.482. The number of nitrogens with one attached hydrogen (secondary N) is 1. The number of fused-ring (bicyclic) bond motifs is 2. The van der Waals surface area contributed by atoms with E-state index in [1.165, 1.54) is 6.26 Å². The molecule has 0 saturated heterocycles. The molecule has 0 bridgehead atoms. The van der Waals surface area contributed by atoms with Crippen LogP contribution in [0, 0.1) is 0 Å². The minimum atomic E-state index is -3.23. The minimum Gasteiger partial charge on any atom is -0.455 e. The van der Waals surface area contributed by atoms with E-state index in [1.807, 2.05) is 24.3 Å². The normalized spacial score (nSPS) is 13.5. The highest BCUT2D eigenvalue weighted by Gasteiger charge is 2.16. The van der Waals surface area contributed by atoms with Crippen LogP contribution >= 0.6 is 0 Å². The molecule has 0 fully saturated rings. The minimum absolute atomic E-state index is 0.269. The molecule has 2 aromatic rings. The van der Waals surface area contributed by atoms with Gasteiger partial charge in [-0.3, -0.25) is 0 Å². The average Bonchev–Trinajstić information content (AvgIpc) is 2.55. The Morgan fingerprint density at radius 1 is 1.11 bits per heavy atom. The summed E-state index contributed by atoms with van der Waals surface area (Å²) in [5.74, 6) is 1.28. The van der Waals surface area contributed by atoms with E-state index < -0.39 is 9.84 Å². The van der Waals surface area contributed by atoms with Crippen LogP contribution in [0.1, 0.15) is 5.56 Å². The zero-order valence-corrected chi connectivity index (χ0v) is 11.2. The van der Waals surface area contributed by atoms with Crippen LogP contribution in [0.25, 0.3) is 0 Å². The Morgan fingerprint density at radius 2 is 1.89 bits per heavy atom. The predicted molar refractivity (Wildman–Crippen MR) is 73.4 cm³/mol. The van der Waals surface area contributed by atoms with Crippen molar-refractivity contribution in [2.75, 3.05) is 11.6 Å². The molecule has 1 heterocycles. The van der Waals surface area contributed by atoms with Crippen molar-refractivity contribution in [3.63, 3.8) is 0 Å². The van der Waals surface area contributed by atoms with Gasteiger partial charge < -0.3 is 10.1 Å². The maximum atomic E-state index is 11.6. The van der Waals surface area contributed by atoms with E-state index in [0.29, 0.717) is 18.0 Å². The molecule has 2 aromatic carbocycles. The maximum Gasteiger partial charge on any atom is 0.175 e. The van der Waals surface area contributed by atoms with E-state index in [-0.39, 0.29) is 4.90 Å². The van der Waals surface area contributed by atoms with Crippen molar-refractivity contribution < 1.29 is 13.2 Å². The van der Waals surface area contributed by atoms with Crippen molar-refractivity contribution in [1.29, 1.82) is 0 Å². The molecule has 98 valence electrons. The summed E-state index contributed by atoms with van der Waals surface area (Å²) in [6.07, 6.45) is 1.19. The van der Waals surface area contributed by atoms with Crippen LogP contribution in [0.3, 0.4) is 0 Å². The van der Waals surface area contributed by atoms with E-state index in [4.69, 9.17) is 4.74 Å². The molecule has 0 spiro atoms. The summed E-state index contributed by atoms with van der Waals surface area (Å²) in [4.78, 5) is 0.269. The van der Waals surface area contributed by atoms with E-state index >= 15 is 0 Å². The maximum absolute atomic E-state index is 11.6. The Kier molecular flexibility index (Phi) is 2.71. The molecule has 1 aliphatic heterocycles. The predicted octanol–water partition coefficient (Wildman–Crippen LogP) is 2.81. The SMILES string of the molecule is CS(=O)(=O)c1ccc2c(c1)Oc1ccccc1NC2. The van der Waals surface area contributed by atoms with E-state index in [0.717, 1.165) is 11.3 Å². The first kappa shape index (κ1) is 12.0. The number of hydrogen-bond acceptors (Lipinski definition) is 4. The number of benzene rings is 2. The average molecular weight is 275 g/mol. The molecule has 19 heavy (non-hydrogen) atoms. The van der Waals surface area contributed by atoms with Gasteiger partial charge in [0.05, 0.1) is 10.6 Å². The molecule has 0 unspecified atom stereocenters. The summed E-state index contributed by atoms with van der Waals surface area (Å²) >= 11 is 0. The van der Waals surface area contributed by atoms with Crippen LogP contribution < -0.4 is 10.1 Å². The Balaban J connectivity index is 2.10. The molecular formula is C14H13NO3S. The fourth-order valence-corrected chi connectivity index (χ4v) is 2.65. The third kappa shape index (κ3) is 2.29. The highest BCUT2D eigenvalue weighted by Crippen LogP contribution is 2.36. The fourth-order valence-electron chi connectivity index (χ4n) is 2.02. The second-order valence-corrected chi connectivity index (χ2v) is 6.51. The molecule has 0 amide bonds. The molecule has 1 aliphatic rings. The largest absolute Gasteiger partial charge is 0.455 e. The van der Waals surface area contributed by atoms with Crippen LogP contribution in [0.15, 0.2) is 47.4 Å². The topological polar surface area (TPSA) is 55.4 Å². The van der Waals surface area contributed by atoms with Gasteiger partial charge in [-0.25, -0.2) is 8.42 Å². The Hall–Kier alpha value is -2.01. The molecular weight excluding hydrogens is 262 g/mol. The van der Waals surface area contributed by atoms with Crippen molar-refractivity contribution in [2.45, 2.75) is 11.4 Å². The van der Waals surface area contributed by atoms with Crippen molar-refractivity contribution in [3.05, 3.63) is 48.0 Å². The Labute approximate surface area is 112 Å². The first-order chi connectivity index (χ1) is 9.04. The molecule has 0 aromatic heterocycles. The number of hydrogen-bond donors (Lipinski definition) is 1. The second-order valence-electron chi connectivity index (χ2n) is 4.49. The molecule has 0 atom stereocenters. The Bertz CT molecular complexity index is 738. The van der Waals surface area contributed by atoms with E-state index in [9.17, 15) is 8.42 Å². The van der Waals surface area contributed by atoms with Gasteiger partial charge >= 0.3 is 0 Å². The van der Waals surface area contributed by atoms with Gasteiger partial charge in [-0.15, -0.1) is 0 Å². The molecule has 5 heteroatoms. The summed E-state index contributed by atoms with van der Waals surface area (Å²) < 4.78 is 29.0. The zero-order chi connectivity index (χ0) is 13.5. The van der Waals surface area contributed by atoms with Gasteiger partial charge in [0, 0.05) is 18.4 Å². The third-order valence-electron chi connectivity index (χ3n) is 3.04. The van der Waals surface area contributed by atoms with Crippen molar-refractivity contribution >= 4 is 15.5 Å². The number of sulfone groups is 1. The quantitative estimate of drug-likeness (QED) is 0.869. The standard InChI is InChI=1S/C14H13NO3S/c1-19(16,17)11-7-6-10-9-15-12-4-2-3-5-13(12)18-14(10)8-11/h2-8,15H,9H2,1H3. The molecule has 3 rings (SSSR count). The molecule has 0 radical (unpaired) electrons. The van der Waals surface area contributed by atoms with Crippen LogP contribution in [0.5, 0.6) is 11.5 Å². The number of anilines is 1.